The maximum Gasteiger partial charge on any atom is 0.331 e. The SMILES string of the molecule is O=C(COC(=O)C=Cc1cccc([N+](=O)[O-])c1)NCc1ccc(F)cc1. The van der Waals surface area contributed by atoms with Gasteiger partial charge in [0.1, 0.15) is 5.82 Å². The highest BCUT2D eigenvalue weighted by atomic mass is 19.1. The van der Waals surface area contributed by atoms with E-state index >= 15 is 0 Å². The number of non-ortho nitro benzene ring substituents is 1. The summed E-state index contributed by atoms with van der Waals surface area (Å²) < 4.78 is 17.5. The Morgan fingerprint density at radius 1 is 1.19 bits per heavy atom. The van der Waals surface area contributed by atoms with Crippen LogP contribution in [-0.4, -0.2) is 23.4 Å². The van der Waals surface area contributed by atoms with E-state index < -0.39 is 23.4 Å². The van der Waals surface area contributed by atoms with Gasteiger partial charge in [0.25, 0.3) is 11.6 Å². The third kappa shape index (κ3) is 6.16. The molecule has 0 radical (unpaired) electrons. The van der Waals surface area contributed by atoms with Crippen molar-refractivity contribution in [2.24, 2.45) is 0 Å². The third-order valence-electron chi connectivity index (χ3n) is 3.24. The van der Waals surface area contributed by atoms with E-state index in [4.69, 9.17) is 4.74 Å². The molecule has 0 bridgehead atoms. The van der Waals surface area contributed by atoms with Gasteiger partial charge in [-0.1, -0.05) is 24.3 Å². The second-order valence-electron chi connectivity index (χ2n) is 5.20. The maximum absolute atomic E-state index is 12.8. The number of carbonyl (C=O) groups is 2. The molecule has 0 aliphatic heterocycles. The van der Waals surface area contributed by atoms with E-state index in [1.54, 1.807) is 6.07 Å². The highest BCUT2D eigenvalue weighted by molar-refractivity contribution is 5.89. The first kappa shape index (κ1) is 18.8. The fourth-order valence-corrected chi connectivity index (χ4v) is 1.95. The smallest absolute Gasteiger partial charge is 0.331 e. The Morgan fingerprint density at radius 3 is 2.62 bits per heavy atom. The van der Waals surface area contributed by atoms with E-state index in [0.29, 0.717) is 11.1 Å². The van der Waals surface area contributed by atoms with Crippen LogP contribution in [0.2, 0.25) is 0 Å². The predicted octanol–water partition coefficient (Wildman–Crippen LogP) is 2.61. The third-order valence-corrected chi connectivity index (χ3v) is 3.24. The van der Waals surface area contributed by atoms with Gasteiger partial charge in [0.05, 0.1) is 4.92 Å². The standard InChI is InChI=1S/C18H15FN2O5/c19-15-7-4-14(5-8-15)11-20-17(22)12-26-18(23)9-6-13-2-1-3-16(10-13)21(24)25/h1-10H,11-12H2,(H,20,22). The fourth-order valence-electron chi connectivity index (χ4n) is 1.95. The molecule has 8 heteroatoms. The van der Waals surface area contributed by atoms with Crippen molar-refractivity contribution < 1.29 is 23.6 Å². The van der Waals surface area contributed by atoms with Crippen molar-refractivity contribution in [3.05, 3.63) is 81.7 Å². The number of benzene rings is 2. The van der Waals surface area contributed by atoms with Gasteiger partial charge in [0.2, 0.25) is 0 Å². The van der Waals surface area contributed by atoms with Crippen LogP contribution in [0.5, 0.6) is 0 Å². The summed E-state index contributed by atoms with van der Waals surface area (Å²) >= 11 is 0. The molecule has 2 aromatic carbocycles. The van der Waals surface area contributed by atoms with Crippen LogP contribution in [0.25, 0.3) is 6.08 Å². The quantitative estimate of drug-likeness (QED) is 0.355. The van der Waals surface area contributed by atoms with Crippen LogP contribution < -0.4 is 5.32 Å². The van der Waals surface area contributed by atoms with Crippen molar-refractivity contribution in [3.63, 3.8) is 0 Å². The van der Waals surface area contributed by atoms with Crippen LogP contribution in [0.1, 0.15) is 11.1 Å². The van der Waals surface area contributed by atoms with E-state index in [2.05, 4.69) is 5.32 Å². The van der Waals surface area contributed by atoms with Gasteiger partial charge in [-0.15, -0.1) is 0 Å². The summed E-state index contributed by atoms with van der Waals surface area (Å²) in [5.74, 6) is -1.63. The molecule has 0 heterocycles. The van der Waals surface area contributed by atoms with Gasteiger partial charge in [-0.25, -0.2) is 9.18 Å². The van der Waals surface area contributed by atoms with Gasteiger partial charge >= 0.3 is 5.97 Å². The van der Waals surface area contributed by atoms with Gasteiger partial charge in [0, 0.05) is 24.8 Å². The number of hydrogen-bond donors (Lipinski definition) is 1. The molecule has 0 spiro atoms. The number of nitrogens with zero attached hydrogens (tertiary/aromatic N) is 1. The van der Waals surface area contributed by atoms with E-state index in [-0.39, 0.29) is 18.0 Å². The molecule has 0 aromatic heterocycles. The Morgan fingerprint density at radius 2 is 1.92 bits per heavy atom. The van der Waals surface area contributed by atoms with Crippen molar-refractivity contribution >= 4 is 23.6 Å². The molecule has 1 amide bonds. The number of nitrogens with one attached hydrogen (secondary N) is 1. The Kier molecular flexibility index (Phi) is 6.55. The normalized spacial score (nSPS) is 10.5. The van der Waals surface area contributed by atoms with Gasteiger partial charge < -0.3 is 10.1 Å². The van der Waals surface area contributed by atoms with Crippen LogP contribution in [0.4, 0.5) is 10.1 Å². The Balaban J connectivity index is 1.77. The Bertz CT molecular complexity index is 834. The Labute approximate surface area is 148 Å². The monoisotopic (exact) mass is 358 g/mol. The topological polar surface area (TPSA) is 98.5 Å². The van der Waals surface area contributed by atoms with E-state index in [9.17, 15) is 24.1 Å². The minimum atomic E-state index is -0.756. The molecular weight excluding hydrogens is 343 g/mol. The predicted molar refractivity (Wildman–Crippen MR) is 91.3 cm³/mol. The van der Waals surface area contributed by atoms with Crippen molar-refractivity contribution in [2.45, 2.75) is 6.54 Å². The summed E-state index contributed by atoms with van der Waals surface area (Å²) in [7, 11) is 0. The Hall–Kier alpha value is -3.55. The highest BCUT2D eigenvalue weighted by Gasteiger charge is 2.06. The number of carbonyl (C=O) groups excluding carboxylic acids is 2. The average molecular weight is 358 g/mol. The summed E-state index contributed by atoms with van der Waals surface area (Å²) in [5.41, 5.74) is 1.06. The number of hydrogen-bond acceptors (Lipinski definition) is 5. The molecule has 0 unspecified atom stereocenters. The minimum absolute atomic E-state index is 0.0966. The van der Waals surface area contributed by atoms with Crippen molar-refractivity contribution in [3.8, 4) is 0 Å². The lowest BCUT2D eigenvalue weighted by molar-refractivity contribution is -0.384. The number of amides is 1. The largest absolute Gasteiger partial charge is 0.452 e. The lowest BCUT2D eigenvalue weighted by atomic mass is 10.2. The van der Waals surface area contributed by atoms with E-state index in [0.717, 1.165) is 6.08 Å². The molecule has 2 aromatic rings. The number of nitro groups is 1. The molecule has 0 fully saturated rings. The molecule has 0 aliphatic rings. The molecule has 1 N–H and O–H groups in total. The summed E-state index contributed by atoms with van der Waals surface area (Å²) in [4.78, 5) is 33.3. The molecule has 0 aliphatic carbocycles. The minimum Gasteiger partial charge on any atom is -0.452 e. The lowest BCUT2D eigenvalue weighted by Crippen LogP contribution is -2.28. The molecule has 2 rings (SSSR count). The van der Waals surface area contributed by atoms with Gasteiger partial charge in [0.15, 0.2) is 6.61 Å². The van der Waals surface area contributed by atoms with Gasteiger partial charge in [-0.3, -0.25) is 14.9 Å². The first-order valence-corrected chi connectivity index (χ1v) is 7.54. The average Bonchev–Trinajstić information content (AvgIpc) is 2.64. The summed E-state index contributed by atoms with van der Waals surface area (Å²) in [6, 6.07) is 11.3. The number of esters is 1. The summed E-state index contributed by atoms with van der Waals surface area (Å²) in [6.07, 6.45) is 2.43. The second kappa shape index (κ2) is 9.07. The van der Waals surface area contributed by atoms with Crippen LogP contribution in [0, 0.1) is 15.9 Å². The van der Waals surface area contributed by atoms with Crippen molar-refractivity contribution in [1.29, 1.82) is 0 Å². The number of rotatable bonds is 7. The fraction of sp³-hybridized carbons (Fsp3) is 0.111. The van der Waals surface area contributed by atoms with Gasteiger partial charge in [-0.05, 0) is 29.3 Å². The van der Waals surface area contributed by atoms with Crippen LogP contribution in [-0.2, 0) is 20.9 Å². The summed E-state index contributed by atoms with van der Waals surface area (Å²) in [6.45, 7) is -0.292. The molecule has 7 nitrogen and oxygen atoms in total. The molecule has 134 valence electrons. The summed E-state index contributed by atoms with van der Waals surface area (Å²) in [5, 5.41) is 13.2. The zero-order chi connectivity index (χ0) is 18.9. The second-order valence-corrected chi connectivity index (χ2v) is 5.20. The van der Waals surface area contributed by atoms with Crippen molar-refractivity contribution in [2.75, 3.05) is 6.61 Å². The molecule has 26 heavy (non-hydrogen) atoms. The van der Waals surface area contributed by atoms with Crippen molar-refractivity contribution in [1.82, 2.24) is 5.32 Å². The first-order valence-electron chi connectivity index (χ1n) is 7.54. The van der Waals surface area contributed by atoms with Gasteiger partial charge in [-0.2, -0.15) is 0 Å². The lowest BCUT2D eigenvalue weighted by Gasteiger charge is -2.05. The number of ether oxygens (including phenoxy) is 1. The number of nitro benzene ring substituents is 1. The number of halogens is 1. The van der Waals surface area contributed by atoms with Crippen LogP contribution in [0.15, 0.2) is 54.6 Å². The molecule has 0 saturated heterocycles. The zero-order valence-electron chi connectivity index (χ0n) is 13.6. The molecule has 0 atom stereocenters. The molecular formula is C18H15FN2O5. The van der Waals surface area contributed by atoms with E-state index in [1.807, 2.05) is 0 Å². The van der Waals surface area contributed by atoms with Crippen LogP contribution in [0.3, 0.4) is 0 Å². The zero-order valence-corrected chi connectivity index (χ0v) is 13.6. The first-order chi connectivity index (χ1) is 12.4. The maximum atomic E-state index is 12.8. The highest BCUT2D eigenvalue weighted by Crippen LogP contribution is 2.14. The van der Waals surface area contributed by atoms with Crippen LogP contribution >= 0.6 is 0 Å². The molecule has 0 saturated carbocycles. The van der Waals surface area contributed by atoms with E-state index in [1.165, 1.54) is 48.5 Å².